The first-order chi connectivity index (χ1) is 13.2. The lowest BCUT2D eigenvalue weighted by Crippen LogP contribution is -2.47. The van der Waals surface area contributed by atoms with Crippen molar-refractivity contribution < 1.29 is 4.79 Å². The number of piperazine rings is 1. The molecule has 0 aliphatic carbocycles. The second-order valence-electron chi connectivity index (χ2n) is 6.85. The Morgan fingerprint density at radius 2 is 1.89 bits per heavy atom. The summed E-state index contributed by atoms with van der Waals surface area (Å²) >= 11 is 1.47. The van der Waals surface area contributed by atoms with Gasteiger partial charge in [0.1, 0.15) is 0 Å². The normalized spacial score (nSPS) is 19.6. The highest BCUT2D eigenvalue weighted by molar-refractivity contribution is 8.18. The number of nitrogens with zero attached hydrogens (tertiary/aromatic N) is 4. The lowest BCUT2D eigenvalue weighted by Gasteiger charge is -2.35. The summed E-state index contributed by atoms with van der Waals surface area (Å²) in [6.07, 6.45) is 5.34. The molecule has 0 bridgehead atoms. The number of amidine groups is 1. The summed E-state index contributed by atoms with van der Waals surface area (Å²) in [5.74, 6) is -0.152. The Bertz CT molecular complexity index is 869. The largest absolute Gasteiger partial charge is 0.348 e. The fourth-order valence-electron chi connectivity index (χ4n) is 3.19. The number of amides is 1. The van der Waals surface area contributed by atoms with Gasteiger partial charge in [-0.1, -0.05) is 35.9 Å². The van der Waals surface area contributed by atoms with Gasteiger partial charge in [0, 0.05) is 45.1 Å². The molecule has 0 spiro atoms. The average molecular weight is 379 g/mol. The molecule has 2 aliphatic heterocycles. The summed E-state index contributed by atoms with van der Waals surface area (Å²) in [6, 6.07) is 12.5. The van der Waals surface area contributed by atoms with Crippen LogP contribution in [0.4, 0.5) is 0 Å². The van der Waals surface area contributed by atoms with Crippen LogP contribution < -0.4 is 0 Å². The molecule has 27 heavy (non-hydrogen) atoms. The van der Waals surface area contributed by atoms with E-state index in [4.69, 9.17) is 0 Å². The Balaban J connectivity index is 1.33. The number of thioether (sulfide) groups is 1. The zero-order valence-electron chi connectivity index (χ0n) is 15.3. The van der Waals surface area contributed by atoms with Gasteiger partial charge in [-0.05, 0) is 42.0 Å². The van der Waals surface area contributed by atoms with E-state index >= 15 is 0 Å². The second-order valence-corrected chi connectivity index (χ2v) is 7.85. The number of rotatable bonds is 3. The summed E-state index contributed by atoms with van der Waals surface area (Å²) in [4.78, 5) is 25.9. The molecule has 1 amide bonds. The molecule has 138 valence electrons. The number of aryl methyl sites for hydroxylation is 1. The van der Waals surface area contributed by atoms with Gasteiger partial charge in [0.05, 0.1) is 4.91 Å². The van der Waals surface area contributed by atoms with Crippen LogP contribution in [0.25, 0.3) is 6.08 Å². The second kappa shape index (κ2) is 8.06. The molecule has 4 rings (SSSR count). The van der Waals surface area contributed by atoms with Crippen molar-refractivity contribution in [2.24, 2.45) is 4.99 Å². The Kier molecular flexibility index (Phi) is 5.36. The van der Waals surface area contributed by atoms with E-state index in [1.54, 1.807) is 12.4 Å². The minimum absolute atomic E-state index is 0.152. The standard InChI is InChI=1S/C21H22N4OS/c1-16-4-6-17(7-5-16)15-24-9-11-25(12-10-24)21-23-20(26)19(27-21)13-18-3-2-8-22-14-18/h2-8,13-14H,9-12,15H2,1H3/b19-13-. The molecule has 0 saturated carbocycles. The number of pyridine rings is 1. The first kappa shape index (κ1) is 17.9. The molecule has 0 unspecified atom stereocenters. The van der Waals surface area contributed by atoms with Crippen LogP contribution in [0.1, 0.15) is 16.7 Å². The maximum absolute atomic E-state index is 12.2. The maximum atomic E-state index is 12.2. The monoisotopic (exact) mass is 378 g/mol. The van der Waals surface area contributed by atoms with Crippen LogP contribution in [0.15, 0.2) is 58.7 Å². The van der Waals surface area contributed by atoms with Crippen molar-refractivity contribution in [1.82, 2.24) is 14.8 Å². The molecule has 5 nitrogen and oxygen atoms in total. The third kappa shape index (κ3) is 4.46. The Morgan fingerprint density at radius 1 is 1.11 bits per heavy atom. The van der Waals surface area contributed by atoms with E-state index in [1.165, 1.54) is 22.9 Å². The van der Waals surface area contributed by atoms with Crippen LogP contribution in [0.5, 0.6) is 0 Å². The zero-order chi connectivity index (χ0) is 18.6. The zero-order valence-corrected chi connectivity index (χ0v) is 16.2. The van der Waals surface area contributed by atoms with Crippen molar-refractivity contribution >= 4 is 28.9 Å². The van der Waals surface area contributed by atoms with Gasteiger partial charge >= 0.3 is 0 Å². The molecule has 0 N–H and O–H groups in total. The quantitative estimate of drug-likeness (QED) is 0.768. The van der Waals surface area contributed by atoms with Gasteiger partial charge in [-0.2, -0.15) is 4.99 Å². The van der Waals surface area contributed by atoms with Gasteiger partial charge in [-0.25, -0.2) is 0 Å². The summed E-state index contributed by atoms with van der Waals surface area (Å²) in [6.45, 7) is 6.82. The van der Waals surface area contributed by atoms with Crippen molar-refractivity contribution in [3.05, 3.63) is 70.4 Å². The van der Waals surface area contributed by atoms with Crippen molar-refractivity contribution in [2.75, 3.05) is 26.2 Å². The SMILES string of the molecule is Cc1ccc(CN2CCN(C3=NC(=O)/C(=C/c4cccnc4)S3)CC2)cc1. The number of carbonyl (C=O) groups is 1. The van der Waals surface area contributed by atoms with Gasteiger partial charge in [0.15, 0.2) is 5.17 Å². The molecule has 6 heteroatoms. The number of aliphatic imine (C=N–C) groups is 1. The molecule has 2 aromatic rings. The third-order valence-corrected chi connectivity index (χ3v) is 5.81. The predicted octanol–water partition coefficient (Wildman–Crippen LogP) is 3.18. The number of carbonyl (C=O) groups excluding carboxylic acids is 1. The molecule has 0 atom stereocenters. The highest BCUT2D eigenvalue weighted by atomic mass is 32.2. The molecule has 3 heterocycles. The molecule has 1 fully saturated rings. The minimum atomic E-state index is -0.152. The predicted molar refractivity (Wildman–Crippen MR) is 110 cm³/mol. The van der Waals surface area contributed by atoms with Gasteiger partial charge in [0.25, 0.3) is 5.91 Å². The van der Waals surface area contributed by atoms with Crippen molar-refractivity contribution in [3.63, 3.8) is 0 Å². The van der Waals surface area contributed by atoms with E-state index in [1.807, 2.05) is 18.2 Å². The molecular weight excluding hydrogens is 356 g/mol. The minimum Gasteiger partial charge on any atom is -0.348 e. The molecule has 1 aromatic heterocycles. The highest BCUT2D eigenvalue weighted by Gasteiger charge is 2.28. The van der Waals surface area contributed by atoms with Gasteiger partial charge in [-0.3, -0.25) is 14.7 Å². The van der Waals surface area contributed by atoms with Crippen LogP contribution in [0, 0.1) is 6.92 Å². The highest BCUT2D eigenvalue weighted by Crippen LogP contribution is 2.30. The van der Waals surface area contributed by atoms with Crippen LogP contribution in [0.2, 0.25) is 0 Å². The van der Waals surface area contributed by atoms with Crippen LogP contribution in [-0.2, 0) is 11.3 Å². The summed E-state index contributed by atoms with van der Waals surface area (Å²) < 4.78 is 0. The van der Waals surface area contributed by atoms with Crippen molar-refractivity contribution in [3.8, 4) is 0 Å². The fraction of sp³-hybridized carbons (Fsp3) is 0.286. The summed E-state index contributed by atoms with van der Waals surface area (Å²) in [5.41, 5.74) is 3.56. The molecule has 1 saturated heterocycles. The van der Waals surface area contributed by atoms with Crippen molar-refractivity contribution in [2.45, 2.75) is 13.5 Å². The van der Waals surface area contributed by atoms with E-state index in [9.17, 15) is 4.79 Å². The van der Waals surface area contributed by atoms with E-state index in [0.717, 1.165) is 43.5 Å². The van der Waals surface area contributed by atoms with Crippen LogP contribution >= 0.6 is 11.8 Å². The first-order valence-electron chi connectivity index (χ1n) is 9.13. The lowest BCUT2D eigenvalue weighted by molar-refractivity contribution is -0.113. The molecule has 0 radical (unpaired) electrons. The van der Waals surface area contributed by atoms with Gasteiger partial charge < -0.3 is 4.90 Å². The number of benzene rings is 1. The van der Waals surface area contributed by atoms with Crippen molar-refractivity contribution in [1.29, 1.82) is 0 Å². The van der Waals surface area contributed by atoms with E-state index in [2.05, 4.69) is 51.0 Å². The Morgan fingerprint density at radius 3 is 2.59 bits per heavy atom. The first-order valence-corrected chi connectivity index (χ1v) is 9.94. The number of aromatic nitrogens is 1. The number of hydrogen-bond acceptors (Lipinski definition) is 5. The maximum Gasteiger partial charge on any atom is 0.286 e. The average Bonchev–Trinajstić information content (AvgIpc) is 3.05. The third-order valence-electron chi connectivity index (χ3n) is 4.76. The topological polar surface area (TPSA) is 48.8 Å². The Labute approximate surface area is 163 Å². The molecule has 1 aromatic carbocycles. The lowest BCUT2D eigenvalue weighted by atomic mass is 10.1. The van der Waals surface area contributed by atoms with E-state index in [0.29, 0.717) is 4.91 Å². The Hall–Kier alpha value is -2.44. The number of hydrogen-bond donors (Lipinski definition) is 0. The van der Waals surface area contributed by atoms with Gasteiger partial charge in [-0.15, -0.1) is 0 Å². The molecular formula is C21H22N4OS. The van der Waals surface area contributed by atoms with Crippen LogP contribution in [0.3, 0.4) is 0 Å². The van der Waals surface area contributed by atoms with E-state index in [-0.39, 0.29) is 5.91 Å². The molecule has 2 aliphatic rings. The summed E-state index contributed by atoms with van der Waals surface area (Å²) in [5, 5.41) is 0.824. The van der Waals surface area contributed by atoms with Gasteiger partial charge in [0.2, 0.25) is 0 Å². The fourth-order valence-corrected chi connectivity index (χ4v) is 4.16. The van der Waals surface area contributed by atoms with Crippen LogP contribution in [-0.4, -0.2) is 52.0 Å². The smallest absolute Gasteiger partial charge is 0.286 e. The van der Waals surface area contributed by atoms with E-state index < -0.39 is 0 Å². The summed E-state index contributed by atoms with van der Waals surface area (Å²) in [7, 11) is 0.